The lowest BCUT2D eigenvalue weighted by molar-refractivity contribution is 0.102. The summed E-state index contributed by atoms with van der Waals surface area (Å²) in [6.07, 6.45) is 0.751. The van der Waals surface area contributed by atoms with Crippen LogP contribution in [-0.2, 0) is 0 Å². The van der Waals surface area contributed by atoms with Gasteiger partial charge in [0.2, 0.25) is 0 Å². The van der Waals surface area contributed by atoms with Crippen molar-refractivity contribution >= 4 is 34.2 Å². The Morgan fingerprint density at radius 2 is 1.88 bits per heavy atom. The minimum absolute atomic E-state index is 0.298. The largest absolute Gasteiger partial charge is 0.489 e. The maximum absolute atomic E-state index is 12.5. The molecular weight excluding hydrogens is 346 g/mol. The number of nitrogens with one attached hydrogen (secondary N) is 3. The third-order valence-electron chi connectivity index (χ3n) is 3.84. The van der Waals surface area contributed by atoms with Crippen molar-refractivity contribution in [3.05, 3.63) is 51.4 Å². The fourth-order valence-electron chi connectivity index (χ4n) is 2.68. The summed E-state index contributed by atoms with van der Waals surface area (Å²) in [5, 5.41) is 3.11. The summed E-state index contributed by atoms with van der Waals surface area (Å²) in [6.45, 7) is 1.03. The minimum atomic E-state index is -0.338. The van der Waals surface area contributed by atoms with Crippen molar-refractivity contribution in [3.63, 3.8) is 0 Å². The lowest BCUT2D eigenvalue weighted by Gasteiger charge is -2.12. The van der Waals surface area contributed by atoms with E-state index in [-0.39, 0.29) is 11.6 Å². The normalized spacial score (nSPS) is 13.5. The number of aromatic nitrogens is 2. The van der Waals surface area contributed by atoms with Crippen molar-refractivity contribution in [2.45, 2.75) is 6.42 Å². The van der Waals surface area contributed by atoms with Gasteiger partial charge in [0, 0.05) is 17.7 Å². The Kier molecular flexibility index (Phi) is 3.85. The van der Waals surface area contributed by atoms with E-state index in [2.05, 4.69) is 15.3 Å². The molecule has 0 saturated heterocycles. The van der Waals surface area contributed by atoms with E-state index in [0.29, 0.717) is 52.0 Å². The molecule has 0 unspecified atom stereocenters. The summed E-state index contributed by atoms with van der Waals surface area (Å²) in [4.78, 5) is 29.1. The molecule has 0 bridgehead atoms. The Hall–Kier alpha value is -2.93. The van der Waals surface area contributed by atoms with E-state index in [1.54, 1.807) is 30.3 Å². The maximum atomic E-state index is 12.5. The van der Waals surface area contributed by atoms with Gasteiger partial charge in [-0.15, -0.1) is 0 Å². The molecule has 1 aliphatic heterocycles. The van der Waals surface area contributed by atoms with Gasteiger partial charge in [-0.05, 0) is 30.3 Å². The zero-order valence-corrected chi connectivity index (χ0v) is 13.8. The highest BCUT2D eigenvalue weighted by molar-refractivity contribution is 6.32. The van der Waals surface area contributed by atoms with Gasteiger partial charge in [-0.25, -0.2) is 4.79 Å². The molecule has 8 heteroatoms. The van der Waals surface area contributed by atoms with Crippen molar-refractivity contribution in [1.82, 2.24) is 9.97 Å². The van der Waals surface area contributed by atoms with Gasteiger partial charge in [-0.1, -0.05) is 11.6 Å². The summed E-state index contributed by atoms with van der Waals surface area (Å²) in [6, 6.07) is 8.24. The Morgan fingerprint density at radius 1 is 1.08 bits per heavy atom. The molecule has 0 spiro atoms. The van der Waals surface area contributed by atoms with E-state index in [9.17, 15) is 9.59 Å². The number of hydrogen-bond acceptors (Lipinski definition) is 4. The van der Waals surface area contributed by atoms with E-state index in [0.717, 1.165) is 6.42 Å². The Morgan fingerprint density at radius 3 is 2.76 bits per heavy atom. The fraction of sp³-hybridized carbons (Fsp3) is 0.176. The number of halogens is 1. The molecule has 1 aliphatic rings. The number of hydrogen-bond donors (Lipinski definition) is 3. The standard InChI is InChI=1S/C17H14ClN3O4/c18-11-6-9(7-14-15(11)25-5-1-4-24-14)16(22)19-10-2-3-12-13(8-10)21-17(23)20-12/h2-3,6-8H,1,4-5H2,(H,19,22)(H2,20,21,23). The molecule has 0 saturated carbocycles. The number of amides is 1. The minimum Gasteiger partial charge on any atom is -0.489 e. The second-order valence-corrected chi connectivity index (χ2v) is 6.04. The van der Waals surface area contributed by atoms with Gasteiger partial charge in [0.25, 0.3) is 5.91 Å². The lowest BCUT2D eigenvalue weighted by atomic mass is 10.1. The van der Waals surface area contributed by atoms with E-state index in [4.69, 9.17) is 21.1 Å². The first-order chi connectivity index (χ1) is 12.1. The molecule has 128 valence electrons. The Bertz CT molecular complexity index is 1020. The zero-order chi connectivity index (χ0) is 17.4. The first kappa shape index (κ1) is 15.6. The van der Waals surface area contributed by atoms with E-state index >= 15 is 0 Å². The second kappa shape index (κ2) is 6.18. The summed E-state index contributed by atoms with van der Waals surface area (Å²) in [7, 11) is 0. The number of fused-ring (bicyclic) bond motifs is 2. The van der Waals surface area contributed by atoms with Crippen molar-refractivity contribution < 1.29 is 14.3 Å². The van der Waals surface area contributed by atoms with Gasteiger partial charge in [0.1, 0.15) is 0 Å². The van der Waals surface area contributed by atoms with Crippen LogP contribution in [0.15, 0.2) is 35.1 Å². The number of aromatic amines is 2. The van der Waals surface area contributed by atoms with Gasteiger partial charge in [0.15, 0.2) is 11.5 Å². The average molecular weight is 360 g/mol. The predicted octanol–water partition coefficient (Wildman–Crippen LogP) is 2.92. The van der Waals surface area contributed by atoms with E-state index in [1.807, 2.05) is 0 Å². The van der Waals surface area contributed by atoms with Gasteiger partial charge < -0.3 is 24.8 Å². The van der Waals surface area contributed by atoms with Crippen LogP contribution in [0.25, 0.3) is 11.0 Å². The fourth-order valence-corrected chi connectivity index (χ4v) is 2.94. The van der Waals surface area contributed by atoms with Crippen LogP contribution in [0.1, 0.15) is 16.8 Å². The third-order valence-corrected chi connectivity index (χ3v) is 4.12. The Labute approximate surface area is 146 Å². The highest BCUT2D eigenvalue weighted by atomic mass is 35.5. The van der Waals surface area contributed by atoms with E-state index in [1.165, 1.54) is 0 Å². The van der Waals surface area contributed by atoms with Gasteiger partial charge in [0.05, 0.1) is 29.3 Å². The first-order valence-electron chi connectivity index (χ1n) is 7.73. The monoisotopic (exact) mass is 359 g/mol. The van der Waals surface area contributed by atoms with Crippen molar-refractivity contribution in [2.24, 2.45) is 0 Å². The zero-order valence-electron chi connectivity index (χ0n) is 13.0. The molecule has 2 heterocycles. The van der Waals surface area contributed by atoms with Crippen molar-refractivity contribution in [3.8, 4) is 11.5 Å². The van der Waals surface area contributed by atoms with Gasteiger partial charge in [-0.2, -0.15) is 0 Å². The number of carbonyl (C=O) groups excluding carboxylic acids is 1. The van der Waals surface area contributed by atoms with Crippen LogP contribution < -0.4 is 20.5 Å². The number of rotatable bonds is 2. The highest BCUT2D eigenvalue weighted by Gasteiger charge is 2.18. The number of imidazole rings is 1. The highest BCUT2D eigenvalue weighted by Crippen LogP contribution is 2.38. The number of carbonyl (C=O) groups is 1. The summed E-state index contributed by atoms with van der Waals surface area (Å²) in [5.74, 6) is 0.581. The molecule has 0 atom stereocenters. The summed E-state index contributed by atoms with van der Waals surface area (Å²) >= 11 is 6.22. The van der Waals surface area contributed by atoms with Crippen LogP contribution >= 0.6 is 11.6 Å². The number of ether oxygens (including phenoxy) is 2. The first-order valence-corrected chi connectivity index (χ1v) is 8.10. The van der Waals surface area contributed by atoms with E-state index < -0.39 is 0 Å². The third kappa shape index (κ3) is 3.06. The molecule has 1 aromatic heterocycles. The van der Waals surface area contributed by atoms with Gasteiger partial charge in [-0.3, -0.25) is 4.79 Å². The molecule has 3 aromatic rings. The smallest absolute Gasteiger partial charge is 0.323 e. The van der Waals surface area contributed by atoms with Crippen molar-refractivity contribution in [1.29, 1.82) is 0 Å². The quantitative estimate of drug-likeness (QED) is 0.655. The summed E-state index contributed by atoms with van der Waals surface area (Å²) < 4.78 is 11.2. The number of anilines is 1. The average Bonchev–Trinajstić information content (AvgIpc) is 2.79. The molecule has 3 N–H and O–H groups in total. The molecule has 4 rings (SSSR count). The topological polar surface area (TPSA) is 96.2 Å². The van der Waals surface area contributed by atoms with Crippen LogP contribution in [0.4, 0.5) is 5.69 Å². The van der Waals surface area contributed by atoms with Crippen LogP contribution in [0.5, 0.6) is 11.5 Å². The van der Waals surface area contributed by atoms with Crippen LogP contribution in [0, 0.1) is 0 Å². The van der Waals surface area contributed by atoms with Crippen LogP contribution in [-0.4, -0.2) is 29.1 Å². The van der Waals surface area contributed by atoms with Gasteiger partial charge >= 0.3 is 5.69 Å². The Balaban J connectivity index is 1.62. The molecule has 0 fully saturated rings. The van der Waals surface area contributed by atoms with Crippen LogP contribution in [0.2, 0.25) is 5.02 Å². The maximum Gasteiger partial charge on any atom is 0.323 e. The number of benzene rings is 2. The SMILES string of the molecule is O=C(Nc1ccc2[nH]c(=O)[nH]c2c1)c1cc(Cl)c2c(c1)OCCCO2. The predicted molar refractivity (Wildman–Crippen MR) is 93.9 cm³/mol. The molecular formula is C17H14ClN3O4. The summed E-state index contributed by atoms with van der Waals surface area (Å²) in [5.41, 5.74) is 1.89. The molecule has 7 nitrogen and oxygen atoms in total. The molecule has 25 heavy (non-hydrogen) atoms. The molecule has 1 amide bonds. The van der Waals surface area contributed by atoms with Crippen molar-refractivity contribution in [2.75, 3.05) is 18.5 Å². The molecule has 2 aromatic carbocycles. The molecule has 0 radical (unpaired) electrons. The second-order valence-electron chi connectivity index (χ2n) is 5.63. The number of H-pyrrole nitrogens is 2. The lowest BCUT2D eigenvalue weighted by Crippen LogP contribution is -2.12. The molecule has 0 aliphatic carbocycles. The van der Waals surface area contributed by atoms with Crippen LogP contribution in [0.3, 0.4) is 0 Å².